The average Bonchev–Trinajstić information content (AvgIpc) is 3.25. The van der Waals surface area contributed by atoms with Gasteiger partial charge in [0.15, 0.2) is 5.65 Å². The zero-order valence-corrected chi connectivity index (χ0v) is 13.3. The van der Waals surface area contributed by atoms with Crippen LogP contribution in [0.15, 0.2) is 41.6 Å². The predicted molar refractivity (Wildman–Crippen MR) is 88.0 cm³/mol. The van der Waals surface area contributed by atoms with Gasteiger partial charge in [0.25, 0.3) is 5.56 Å². The molecule has 4 heterocycles. The summed E-state index contributed by atoms with van der Waals surface area (Å²) < 4.78 is 2.76. The molecule has 1 atom stereocenters. The second kappa shape index (κ2) is 6.30. The van der Waals surface area contributed by atoms with Crippen molar-refractivity contribution in [3.8, 4) is 0 Å². The van der Waals surface area contributed by atoms with Crippen molar-refractivity contribution >= 4 is 17.4 Å². The van der Waals surface area contributed by atoms with Gasteiger partial charge in [0.1, 0.15) is 18.7 Å². The Bertz CT molecular complexity index is 965. The van der Waals surface area contributed by atoms with Crippen LogP contribution in [0.5, 0.6) is 0 Å². The van der Waals surface area contributed by atoms with E-state index >= 15 is 0 Å². The Hall–Kier alpha value is -3.30. The van der Waals surface area contributed by atoms with Crippen LogP contribution in [0.4, 0.5) is 5.82 Å². The summed E-state index contributed by atoms with van der Waals surface area (Å²) in [6.45, 7) is 1.36. The van der Waals surface area contributed by atoms with Gasteiger partial charge in [0, 0.05) is 31.4 Å². The predicted octanol–water partition coefficient (Wildman–Crippen LogP) is -0.924. The molecule has 1 N–H and O–H groups in total. The van der Waals surface area contributed by atoms with E-state index < -0.39 is 0 Å². The number of anilines is 1. The molecule has 1 amide bonds. The number of carbonyl (C=O) groups excluding carboxylic acids is 1. The molecule has 0 aliphatic carbocycles. The van der Waals surface area contributed by atoms with Crippen LogP contribution in [-0.4, -0.2) is 54.6 Å². The van der Waals surface area contributed by atoms with Crippen molar-refractivity contribution in [3.63, 3.8) is 0 Å². The van der Waals surface area contributed by atoms with Crippen molar-refractivity contribution in [2.45, 2.75) is 19.0 Å². The van der Waals surface area contributed by atoms with E-state index in [1.165, 1.54) is 12.3 Å². The van der Waals surface area contributed by atoms with Crippen LogP contribution in [0.2, 0.25) is 0 Å². The molecule has 1 fully saturated rings. The summed E-state index contributed by atoms with van der Waals surface area (Å²) in [7, 11) is 0. The van der Waals surface area contributed by atoms with Crippen LogP contribution < -0.4 is 15.8 Å². The number of hydrogen-bond acceptors (Lipinski definition) is 7. The van der Waals surface area contributed by atoms with E-state index in [0.717, 1.165) is 23.5 Å². The minimum absolute atomic E-state index is 0.00493. The number of aromatic nitrogens is 6. The summed E-state index contributed by atoms with van der Waals surface area (Å²) in [5, 5.41) is 19.0. The highest BCUT2D eigenvalue weighted by atomic mass is 16.2. The number of rotatable bonds is 4. The van der Waals surface area contributed by atoms with E-state index in [1.807, 2.05) is 12.1 Å². The smallest absolute Gasteiger partial charge is 0.267 e. The standard InChI is InChI=1S/C15H16N8O2/c24-14(9-22-15(25)2-1-6-17-22)18-11-5-7-21(8-11)13-4-3-12-19-16-10-23(12)20-13/h1-4,6,10-11H,5,7-9H2,(H,18,24)/t11-/m1/s1. The first-order valence-corrected chi connectivity index (χ1v) is 7.92. The molecule has 0 aromatic carbocycles. The molecule has 3 aromatic rings. The lowest BCUT2D eigenvalue weighted by molar-refractivity contribution is -0.122. The fourth-order valence-electron chi connectivity index (χ4n) is 2.89. The van der Waals surface area contributed by atoms with Gasteiger partial charge in [-0.05, 0) is 24.6 Å². The van der Waals surface area contributed by atoms with Crippen molar-refractivity contribution in [2.24, 2.45) is 0 Å². The molecule has 1 aliphatic heterocycles. The quantitative estimate of drug-likeness (QED) is 0.654. The number of fused-ring (bicyclic) bond motifs is 1. The van der Waals surface area contributed by atoms with Crippen LogP contribution in [0, 0.1) is 0 Å². The topological polar surface area (TPSA) is 110 Å². The maximum absolute atomic E-state index is 12.1. The minimum atomic E-state index is -0.294. The molecule has 3 aromatic heterocycles. The number of hydrogen-bond donors (Lipinski definition) is 1. The third-order valence-corrected chi connectivity index (χ3v) is 4.10. The van der Waals surface area contributed by atoms with E-state index in [1.54, 1.807) is 16.9 Å². The van der Waals surface area contributed by atoms with Gasteiger partial charge in [-0.3, -0.25) is 9.59 Å². The van der Waals surface area contributed by atoms with E-state index in [4.69, 9.17) is 0 Å². The first kappa shape index (κ1) is 15.2. The largest absolute Gasteiger partial charge is 0.353 e. The first-order valence-electron chi connectivity index (χ1n) is 7.92. The molecule has 10 heteroatoms. The molecule has 25 heavy (non-hydrogen) atoms. The molecule has 10 nitrogen and oxygen atoms in total. The van der Waals surface area contributed by atoms with Gasteiger partial charge in [-0.25, -0.2) is 4.68 Å². The molecule has 0 unspecified atom stereocenters. The van der Waals surface area contributed by atoms with Crippen LogP contribution >= 0.6 is 0 Å². The highest BCUT2D eigenvalue weighted by Crippen LogP contribution is 2.18. The second-order valence-corrected chi connectivity index (χ2v) is 5.84. The van der Waals surface area contributed by atoms with Crippen molar-refractivity contribution in [1.29, 1.82) is 0 Å². The molecule has 128 valence electrons. The van der Waals surface area contributed by atoms with Gasteiger partial charge in [0.2, 0.25) is 5.91 Å². The normalized spacial score (nSPS) is 17.1. The Morgan fingerprint density at radius 2 is 2.24 bits per heavy atom. The Labute approximate surface area is 142 Å². The van der Waals surface area contributed by atoms with Crippen molar-refractivity contribution in [3.05, 3.63) is 47.1 Å². The Morgan fingerprint density at radius 3 is 3.12 bits per heavy atom. The maximum Gasteiger partial charge on any atom is 0.267 e. The minimum Gasteiger partial charge on any atom is -0.353 e. The first-order chi connectivity index (χ1) is 12.2. The number of amides is 1. The van der Waals surface area contributed by atoms with Crippen LogP contribution in [0.1, 0.15) is 6.42 Å². The second-order valence-electron chi connectivity index (χ2n) is 5.84. The SMILES string of the molecule is O=C(Cn1ncccc1=O)N[C@@H]1CCN(c2ccc3nncn3n2)C1. The van der Waals surface area contributed by atoms with E-state index in [9.17, 15) is 9.59 Å². The molecule has 1 saturated heterocycles. The summed E-state index contributed by atoms with van der Waals surface area (Å²) >= 11 is 0. The molecule has 0 bridgehead atoms. The van der Waals surface area contributed by atoms with E-state index in [-0.39, 0.29) is 24.1 Å². The third-order valence-electron chi connectivity index (χ3n) is 4.10. The Kier molecular flexibility index (Phi) is 3.84. The van der Waals surface area contributed by atoms with Crippen molar-refractivity contribution in [2.75, 3.05) is 18.0 Å². The van der Waals surface area contributed by atoms with E-state index in [2.05, 4.69) is 30.6 Å². The maximum atomic E-state index is 12.1. The molecular weight excluding hydrogens is 324 g/mol. The number of carbonyl (C=O) groups is 1. The van der Waals surface area contributed by atoms with Gasteiger partial charge < -0.3 is 10.2 Å². The van der Waals surface area contributed by atoms with Crippen LogP contribution in [0.3, 0.4) is 0 Å². The fourth-order valence-corrected chi connectivity index (χ4v) is 2.89. The van der Waals surface area contributed by atoms with Gasteiger partial charge in [-0.1, -0.05) is 0 Å². The molecule has 0 spiro atoms. The third kappa shape index (κ3) is 3.18. The fraction of sp³-hybridized carbons (Fsp3) is 0.333. The Balaban J connectivity index is 1.38. The lowest BCUT2D eigenvalue weighted by Gasteiger charge is -2.17. The lowest BCUT2D eigenvalue weighted by atomic mass is 10.2. The summed E-state index contributed by atoms with van der Waals surface area (Å²) in [5.41, 5.74) is 0.394. The summed E-state index contributed by atoms with van der Waals surface area (Å²) in [6.07, 6.45) is 3.85. The van der Waals surface area contributed by atoms with Crippen LogP contribution in [-0.2, 0) is 11.3 Å². The van der Waals surface area contributed by atoms with Crippen LogP contribution in [0.25, 0.3) is 5.65 Å². The Morgan fingerprint density at radius 1 is 1.32 bits per heavy atom. The van der Waals surface area contributed by atoms with Gasteiger partial charge in [-0.15, -0.1) is 15.3 Å². The summed E-state index contributed by atoms with van der Waals surface area (Å²) in [4.78, 5) is 25.8. The molecular formula is C15H16N8O2. The monoisotopic (exact) mass is 340 g/mol. The highest BCUT2D eigenvalue weighted by molar-refractivity contribution is 5.76. The average molecular weight is 340 g/mol. The zero-order valence-electron chi connectivity index (χ0n) is 13.3. The van der Waals surface area contributed by atoms with Gasteiger partial charge >= 0.3 is 0 Å². The van der Waals surface area contributed by atoms with Crippen molar-refractivity contribution < 1.29 is 4.79 Å². The molecule has 1 aliphatic rings. The zero-order chi connectivity index (χ0) is 17.2. The van der Waals surface area contributed by atoms with Gasteiger partial charge in [0.05, 0.1) is 0 Å². The number of nitrogens with one attached hydrogen (secondary N) is 1. The van der Waals surface area contributed by atoms with Crippen molar-refractivity contribution in [1.82, 2.24) is 34.9 Å². The summed E-state index contributed by atoms with van der Waals surface area (Å²) in [6, 6.07) is 6.68. The van der Waals surface area contributed by atoms with Gasteiger partial charge in [-0.2, -0.15) is 9.61 Å². The summed E-state index contributed by atoms with van der Waals surface area (Å²) in [5.74, 6) is 0.583. The van der Waals surface area contributed by atoms with E-state index in [0.29, 0.717) is 12.2 Å². The highest BCUT2D eigenvalue weighted by Gasteiger charge is 2.25. The number of nitrogens with zero attached hydrogens (tertiary/aromatic N) is 7. The molecule has 0 radical (unpaired) electrons. The lowest BCUT2D eigenvalue weighted by Crippen LogP contribution is -2.40. The molecule has 0 saturated carbocycles. The molecule has 4 rings (SSSR count).